The molecule has 1 aliphatic heterocycles. The van der Waals surface area contributed by atoms with Crippen LogP contribution in [0.1, 0.15) is 18.9 Å². The highest BCUT2D eigenvalue weighted by Gasteiger charge is 2.27. The lowest BCUT2D eigenvalue weighted by Crippen LogP contribution is -3.17. The predicted molar refractivity (Wildman–Crippen MR) is 106 cm³/mol. The van der Waals surface area contributed by atoms with Crippen molar-refractivity contribution in [2.75, 3.05) is 25.5 Å². The van der Waals surface area contributed by atoms with Gasteiger partial charge in [0.1, 0.15) is 5.75 Å². The normalized spacial score (nSPS) is 18.0. The van der Waals surface area contributed by atoms with Crippen LogP contribution in [-0.4, -0.2) is 32.1 Å². The molecule has 1 amide bonds. The fraction of sp³-hybridized carbons (Fsp3) is 0.286. The van der Waals surface area contributed by atoms with Crippen LogP contribution in [0.15, 0.2) is 54.6 Å². The van der Waals surface area contributed by atoms with Crippen molar-refractivity contribution in [1.82, 2.24) is 0 Å². The molecule has 1 aliphatic rings. The Morgan fingerprint density at radius 2 is 2.00 bits per heavy atom. The monoisotopic (exact) mass is 371 g/mol. The van der Waals surface area contributed by atoms with Gasteiger partial charge in [-0.1, -0.05) is 41.9 Å². The first-order chi connectivity index (χ1) is 12.6. The SMILES string of the molecule is COc1ccc(Cl)cc1NC(=O)[C@@H](C)[NH+]1CC=C(c2ccccc2)CC1. The molecule has 0 radical (unpaired) electrons. The molecule has 0 saturated heterocycles. The van der Waals surface area contributed by atoms with E-state index in [1.54, 1.807) is 25.3 Å². The molecule has 2 atom stereocenters. The van der Waals surface area contributed by atoms with E-state index < -0.39 is 0 Å². The third-order valence-corrected chi connectivity index (χ3v) is 5.13. The molecule has 1 unspecified atom stereocenters. The molecule has 0 bridgehead atoms. The van der Waals surface area contributed by atoms with E-state index >= 15 is 0 Å². The van der Waals surface area contributed by atoms with Crippen LogP contribution in [0.2, 0.25) is 5.02 Å². The van der Waals surface area contributed by atoms with Gasteiger partial charge in [0.05, 0.1) is 25.9 Å². The summed E-state index contributed by atoms with van der Waals surface area (Å²) in [4.78, 5) is 13.9. The minimum atomic E-state index is -0.160. The minimum absolute atomic E-state index is 0.0304. The molecule has 2 aromatic rings. The number of benzene rings is 2. The smallest absolute Gasteiger partial charge is 0.282 e. The molecule has 0 saturated carbocycles. The Labute approximate surface area is 159 Å². The van der Waals surface area contributed by atoms with Gasteiger partial charge in [0.25, 0.3) is 5.91 Å². The van der Waals surface area contributed by atoms with Crippen molar-refractivity contribution in [3.05, 3.63) is 65.2 Å². The molecule has 2 N–H and O–H groups in total. The first-order valence-corrected chi connectivity index (χ1v) is 9.19. The van der Waals surface area contributed by atoms with Gasteiger partial charge in [-0.05, 0) is 42.3 Å². The Bertz CT molecular complexity index is 805. The van der Waals surface area contributed by atoms with Crippen LogP contribution in [0.5, 0.6) is 5.75 Å². The van der Waals surface area contributed by atoms with Crippen LogP contribution >= 0.6 is 11.6 Å². The van der Waals surface area contributed by atoms with E-state index in [1.165, 1.54) is 16.0 Å². The average Bonchev–Trinajstić information content (AvgIpc) is 2.68. The fourth-order valence-electron chi connectivity index (χ4n) is 3.27. The van der Waals surface area contributed by atoms with Crippen molar-refractivity contribution < 1.29 is 14.4 Å². The van der Waals surface area contributed by atoms with E-state index in [1.807, 2.05) is 13.0 Å². The molecule has 4 nitrogen and oxygen atoms in total. The number of carbonyl (C=O) groups excluding carboxylic acids is 1. The Balaban J connectivity index is 1.65. The number of nitrogens with one attached hydrogen (secondary N) is 2. The van der Waals surface area contributed by atoms with Gasteiger partial charge in [-0.3, -0.25) is 4.79 Å². The topological polar surface area (TPSA) is 42.8 Å². The summed E-state index contributed by atoms with van der Waals surface area (Å²) in [7, 11) is 1.58. The summed E-state index contributed by atoms with van der Waals surface area (Å²) in [5.41, 5.74) is 3.24. The number of anilines is 1. The number of ether oxygens (including phenoxy) is 1. The lowest BCUT2D eigenvalue weighted by Gasteiger charge is -2.28. The summed E-state index contributed by atoms with van der Waals surface area (Å²) in [6.07, 6.45) is 3.22. The Morgan fingerprint density at radius 1 is 1.23 bits per heavy atom. The van der Waals surface area contributed by atoms with Crippen molar-refractivity contribution in [3.8, 4) is 5.75 Å². The lowest BCUT2D eigenvalue weighted by molar-refractivity contribution is -0.909. The maximum atomic E-state index is 12.7. The van der Waals surface area contributed by atoms with Gasteiger partial charge in [0, 0.05) is 11.4 Å². The van der Waals surface area contributed by atoms with Gasteiger partial charge in [0.15, 0.2) is 6.04 Å². The first kappa shape index (κ1) is 18.5. The largest absolute Gasteiger partial charge is 0.495 e. The van der Waals surface area contributed by atoms with E-state index in [0.717, 1.165) is 19.5 Å². The second kappa shape index (κ2) is 8.39. The zero-order valence-corrected chi connectivity index (χ0v) is 15.8. The number of halogens is 1. The molecule has 0 fully saturated rings. The van der Waals surface area contributed by atoms with E-state index in [2.05, 4.69) is 35.7 Å². The van der Waals surface area contributed by atoms with Crippen molar-refractivity contribution in [2.24, 2.45) is 0 Å². The number of quaternary nitrogens is 1. The molecule has 136 valence electrons. The van der Waals surface area contributed by atoms with Crippen LogP contribution in [0.25, 0.3) is 5.57 Å². The molecule has 3 rings (SSSR count). The van der Waals surface area contributed by atoms with E-state index in [4.69, 9.17) is 16.3 Å². The molecule has 26 heavy (non-hydrogen) atoms. The average molecular weight is 372 g/mol. The van der Waals surface area contributed by atoms with Crippen molar-refractivity contribution in [2.45, 2.75) is 19.4 Å². The van der Waals surface area contributed by atoms with Gasteiger partial charge in [-0.2, -0.15) is 0 Å². The Kier molecular flexibility index (Phi) is 5.96. The zero-order chi connectivity index (χ0) is 18.5. The highest BCUT2D eigenvalue weighted by Crippen LogP contribution is 2.27. The summed E-state index contributed by atoms with van der Waals surface area (Å²) in [5.74, 6) is 0.576. The minimum Gasteiger partial charge on any atom is -0.495 e. The van der Waals surface area contributed by atoms with Crippen LogP contribution < -0.4 is 15.0 Å². The number of rotatable bonds is 5. The van der Waals surface area contributed by atoms with Crippen LogP contribution in [0.4, 0.5) is 5.69 Å². The van der Waals surface area contributed by atoms with Crippen molar-refractivity contribution in [3.63, 3.8) is 0 Å². The van der Waals surface area contributed by atoms with Gasteiger partial charge in [0.2, 0.25) is 0 Å². The molecular weight excluding hydrogens is 348 g/mol. The quantitative estimate of drug-likeness (QED) is 0.848. The van der Waals surface area contributed by atoms with E-state index in [9.17, 15) is 4.79 Å². The summed E-state index contributed by atoms with van der Waals surface area (Å²) in [6, 6.07) is 15.5. The number of methoxy groups -OCH3 is 1. The summed E-state index contributed by atoms with van der Waals surface area (Å²) < 4.78 is 5.30. The van der Waals surface area contributed by atoms with Gasteiger partial charge >= 0.3 is 0 Å². The number of amides is 1. The molecule has 0 aliphatic carbocycles. The first-order valence-electron chi connectivity index (χ1n) is 8.82. The molecular formula is C21H24ClN2O2+. The van der Waals surface area contributed by atoms with Gasteiger partial charge in [-0.15, -0.1) is 0 Å². The molecule has 0 spiro atoms. The summed E-state index contributed by atoms with van der Waals surface area (Å²) >= 11 is 6.04. The molecule has 2 aromatic carbocycles. The van der Waals surface area contributed by atoms with Gasteiger partial charge < -0.3 is 15.0 Å². The number of hydrogen-bond donors (Lipinski definition) is 2. The maximum absolute atomic E-state index is 12.7. The third-order valence-electron chi connectivity index (χ3n) is 4.90. The Hall–Kier alpha value is -2.30. The standard InChI is InChI=1S/C21H23ClN2O2/c1-15(21(25)23-19-14-18(22)8-9-20(19)26-2)24-12-10-17(11-13-24)16-6-4-3-5-7-16/h3-10,14-15H,11-13H2,1-2H3,(H,23,25)/p+1/t15-/m1/s1. The highest BCUT2D eigenvalue weighted by molar-refractivity contribution is 6.31. The highest BCUT2D eigenvalue weighted by atomic mass is 35.5. The van der Waals surface area contributed by atoms with Crippen molar-refractivity contribution in [1.29, 1.82) is 0 Å². The fourth-order valence-corrected chi connectivity index (χ4v) is 3.44. The van der Waals surface area contributed by atoms with Crippen LogP contribution in [0, 0.1) is 0 Å². The lowest BCUT2D eigenvalue weighted by atomic mass is 9.99. The summed E-state index contributed by atoms with van der Waals surface area (Å²) in [6.45, 7) is 3.73. The van der Waals surface area contributed by atoms with E-state index in [-0.39, 0.29) is 11.9 Å². The number of hydrogen-bond acceptors (Lipinski definition) is 2. The Morgan fingerprint density at radius 3 is 2.65 bits per heavy atom. The maximum Gasteiger partial charge on any atom is 0.282 e. The van der Waals surface area contributed by atoms with Crippen molar-refractivity contribution >= 4 is 28.8 Å². The third kappa shape index (κ3) is 4.26. The summed E-state index contributed by atoms with van der Waals surface area (Å²) in [5, 5.41) is 3.52. The number of carbonyl (C=O) groups is 1. The molecule has 0 aromatic heterocycles. The van der Waals surface area contributed by atoms with Crippen LogP contribution in [0.3, 0.4) is 0 Å². The molecule has 1 heterocycles. The zero-order valence-electron chi connectivity index (χ0n) is 15.1. The second-order valence-electron chi connectivity index (χ2n) is 6.51. The van der Waals surface area contributed by atoms with E-state index in [0.29, 0.717) is 16.5 Å². The molecule has 5 heteroatoms. The second-order valence-corrected chi connectivity index (χ2v) is 6.95. The van der Waals surface area contributed by atoms with Gasteiger partial charge in [-0.25, -0.2) is 0 Å². The predicted octanol–water partition coefficient (Wildman–Crippen LogP) is 3.05. The van der Waals surface area contributed by atoms with Crippen LogP contribution in [-0.2, 0) is 4.79 Å².